The zero-order chi connectivity index (χ0) is 24.8. The minimum absolute atomic E-state index is 0.00437. The lowest BCUT2D eigenvalue weighted by Gasteiger charge is -2.23. The van der Waals surface area contributed by atoms with Gasteiger partial charge in [-0.1, -0.05) is 30.3 Å². The zero-order valence-corrected chi connectivity index (χ0v) is 19.3. The van der Waals surface area contributed by atoms with Crippen molar-refractivity contribution in [2.75, 3.05) is 19.8 Å². The van der Waals surface area contributed by atoms with Crippen molar-refractivity contribution in [2.45, 2.75) is 45.6 Å². The highest BCUT2D eigenvalue weighted by Crippen LogP contribution is 2.22. The highest BCUT2D eigenvalue weighted by Gasteiger charge is 2.15. The molecule has 2 aromatic rings. The van der Waals surface area contributed by atoms with Gasteiger partial charge in [-0.3, -0.25) is 24.5 Å². The van der Waals surface area contributed by atoms with Crippen LogP contribution in [0.3, 0.4) is 0 Å². The van der Waals surface area contributed by atoms with Crippen LogP contribution in [0.25, 0.3) is 0 Å². The van der Waals surface area contributed by atoms with Gasteiger partial charge >= 0.3 is 5.97 Å². The first kappa shape index (κ1) is 26.5. The number of benzene rings is 2. The summed E-state index contributed by atoms with van der Waals surface area (Å²) in [6.07, 6.45) is 3.56. The number of rotatable bonds is 15. The van der Waals surface area contributed by atoms with Gasteiger partial charge in [-0.2, -0.15) is 0 Å². The molecule has 0 bridgehead atoms. The van der Waals surface area contributed by atoms with Crippen LogP contribution >= 0.6 is 0 Å². The predicted molar refractivity (Wildman–Crippen MR) is 126 cm³/mol. The van der Waals surface area contributed by atoms with Crippen molar-refractivity contribution in [2.24, 2.45) is 0 Å². The molecule has 1 amide bonds. The lowest BCUT2D eigenvalue weighted by atomic mass is 10.1. The van der Waals surface area contributed by atoms with Gasteiger partial charge in [0.1, 0.15) is 5.75 Å². The molecule has 2 rings (SSSR count). The Hall–Kier alpha value is -3.75. The molecular formula is C25H30N2O7. The third-order valence-corrected chi connectivity index (χ3v) is 5.07. The molecule has 0 saturated carbocycles. The molecule has 0 aliphatic rings. The first-order valence-corrected chi connectivity index (χ1v) is 11.2. The van der Waals surface area contributed by atoms with E-state index < -0.39 is 4.92 Å². The van der Waals surface area contributed by atoms with E-state index >= 15 is 0 Å². The molecule has 0 spiro atoms. The summed E-state index contributed by atoms with van der Waals surface area (Å²) in [6, 6.07) is 13.7. The molecule has 9 nitrogen and oxygen atoms in total. The average molecular weight is 471 g/mol. The van der Waals surface area contributed by atoms with Crippen LogP contribution in [0.4, 0.5) is 5.69 Å². The molecule has 0 heterocycles. The second-order valence-corrected chi connectivity index (χ2v) is 7.75. The lowest BCUT2D eigenvalue weighted by molar-refractivity contribution is -0.385. The molecule has 0 fully saturated rings. The van der Waals surface area contributed by atoms with E-state index in [-0.39, 0.29) is 36.2 Å². The maximum atomic E-state index is 12.9. The summed E-state index contributed by atoms with van der Waals surface area (Å²) in [5.74, 6) is 0.0537. The summed E-state index contributed by atoms with van der Waals surface area (Å²) >= 11 is 0. The van der Waals surface area contributed by atoms with Crippen LogP contribution in [-0.2, 0) is 20.9 Å². The van der Waals surface area contributed by atoms with Gasteiger partial charge in [0, 0.05) is 32.5 Å². The maximum Gasteiger partial charge on any atom is 0.302 e. The Morgan fingerprint density at radius 2 is 1.79 bits per heavy atom. The van der Waals surface area contributed by atoms with Gasteiger partial charge in [0.15, 0.2) is 6.29 Å². The lowest BCUT2D eigenvalue weighted by Crippen LogP contribution is -2.31. The number of hydrogen-bond donors (Lipinski definition) is 0. The summed E-state index contributed by atoms with van der Waals surface area (Å²) in [5, 5.41) is 10.9. The molecule has 0 aliphatic carbocycles. The summed E-state index contributed by atoms with van der Waals surface area (Å²) in [7, 11) is 0. The fourth-order valence-electron chi connectivity index (χ4n) is 3.35. The zero-order valence-electron chi connectivity index (χ0n) is 19.3. The Bertz CT molecular complexity index is 963. The fraction of sp³-hybridized carbons (Fsp3) is 0.400. The highest BCUT2D eigenvalue weighted by atomic mass is 16.6. The Morgan fingerprint density at radius 3 is 2.47 bits per heavy atom. The molecule has 0 unspecified atom stereocenters. The van der Waals surface area contributed by atoms with Gasteiger partial charge in [-0.05, 0) is 43.4 Å². The van der Waals surface area contributed by atoms with Gasteiger partial charge in [-0.25, -0.2) is 0 Å². The molecule has 182 valence electrons. The summed E-state index contributed by atoms with van der Waals surface area (Å²) in [5.41, 5.74) is 0.711. The van der Waals surface area contributed by atoms with E-state index in [2.05, 4.69) is 0 Å². The normalized spacial score (nSPS) is 10.4. The molecule has 9 heteroatoms. The van der Waals surface area contributed by atoms with E-state index in [1.165, 1.54) is 25.1 Å². The summed E-state index contributed by atoms with van der Waals surface area (Å²) in [4.78, 5) is 46.9. The molecule has 0 radical (unpaired) electrons. The van der Waals surface area contributed by atoms with Gasteiger partial charge in [0.25, 0.3) is 5.69 Å². The number of amides is 1. The first-order chi connectivity index (χ1) is 16.4. The van der Waals surface area contributed by atoms with Crippen molar-refractivity contribution < 1.29 is 28.8 Å². The number of aldehydes is 1. The van der Waals surface area contributed by atoms with E-state index in [1.807, 2.05) is 35.2 Å². The highest BCUT2D eigenvalue weighted by molar-refractivity contribution is 5.82. The number of esters is 1. The van der Waals surface area contributed by atoms with E-state index in [4.69, 9.17) is 9.47 Å². The minimum Gasteiger partial charge on any atom is -0.494 e. The third-order valence-electron chi connectivity index (χ3n) is 5.07. The number of nitrogens with zero attached hydrogens (tertiary/aromatic N) is 2. The number of nitro groups is 1. The molecule has 0 N–H and O–H groups in total. The largest absolute Gasteiger partial charge is 0.494 e. The Morgan fingerprint density at radius 1 is 1.03 bits per heavy atom. The maximum absolute atomic E-state index is 12.9. The summed E-state index contributed by atoms with van der Waals surface area (Å²) < 4.78 is 10.5. The molecule has 0 aromatic heterocycles. The topological polar surface area (TPSA) is 116 Å². The minimum atomic E-state index is -0.621. The molecule has 0 atom stereocenters. The van der Waals surface area contributed by atoms with Crippen molar-refractivity contribution in [1.82, 2.24) is 4.90 Å². The molecule has 0 saturated heterocycles. The number of carbonyl (C=O) groups is 3. The van der Waals surface area contributed by atoms with Crippen molar-refractivity contribution in [3.05, 3.63) is 69.8 Å². The van der Waals surface area contributed by atoms with Crippen LogP contribution in [0, 0.1) is 10.1 Å². The Labute approximate surface area is 198 Å². The fourth-order valence-corrected chi connectivity index (χ4v) is 3.35. The number of ether oxygens (including phenoxy) is 2. The second-order valence-electron chi connectivity index (χ2n) is 7.75. The van der Waals surface area contributed by atoms with E-state index in [1.54, 1.807) is 0 Å². The number of unbranched alkanes of at least 4 members (excludes halogenated alkanes) is 2. The van der Waals surface area contributed by atoms with E-state index in [9.17, 15) is 24.5 Å². The Balaban J connectivity index is 1.84. The van der Waals surface area contributed by atoms with Crippen molar-refractivity contribution in [3.63, 3.8) is 0 Å². The predicted octanol–water partition coefficient (Wildman–Crippen LogP) is 4.33. The van der Waals surface area contributed by atoms with Crippen molar-refractivity contribution >= 4 is 23.9 Å². The standard InChI is InChI=1S/C25H30N2O7/c1-20(29)33-15-7-3-6-14-26(18-21-9-4-2-5-10-21)25(30)11-8-16-34-23-12-13-24(27(31)32)22(17-23)19-28/h2,4-5,9-10,12-13,17,19H,3,6-8,11,14-16,18H2,1H3. The summed E-state index contributed by atoms with van der Waals surface area (Å²) in [6.45, 7) is 3.11. The molecule has 2 aromatic carbocycles. The second kappa shape index (κ2) is 14.4. The van der Waals surface area contributed by atoms with E-state index in [0.717, 1.165) is 24.8 Å². The van der Waals surface area contributed by atoms with Gasteiger partial charge < -0.3 is 14.4 Å². The van der Waals surface area contributed by atoms with Crippen LogP contribution in [0.1, 0.15) is 54.9 Å². The van der Waals surface area contributed by atoms with Gasteiger partial charge in [0.05, 0.1) is 23.7 Å². The average Bonchev–Trinajstić information content (AvgIpc) is 2.83. The number of hydrogen-bond acceptors (Lipinski definition) is 7. The Kier molecular flexibility index (Phi) is 11.2. The van der Waals surface area contributed by atoms with Crippen molar-refractivity contribution in [1.29, 1.82) is 0 Å². The van der Waals surface area contributed by atoms with Crippen molar-refractivity contribution in [3.8, 4) is 5.75 Å². The quantitative estimate of drug-likeness (QED) is 0.125. The smallest absolute Gasteiger partial charge is 0.302 e. The van der Waals surface area contributed by atoms with Crippen LogP contribution in [0.15, 0.2) is 48.5 Å². The molecular weight excluding hydrogens is 440 g/mol. The van der Waals surface area contributed by atoms with Crippen LogP contribution in [0.5, 0.6) is 5.75 Å². The first-order valence-electron chi connectivity index (χ1n) is 11.2. The van der Waals surface area contributed by atoms with Crippen LogP contribution in [0.2, 0.25) is 0 Å². The third kappa shape index (κ3) is 9.40. The van der Waals surface area contributed by atoms with Crippen LogP contribution < -0.4 is 4.74 Å². The monoisotopic (exact) mass is 470 g/mol. The molecule has 34 heavy (non-hydrogen) atoms. The molecule has 0 aliphatic heterocycles. The van der Waals surface area contributed by atoms with E-state index in [0.29, 0.717) is 38.2 Å². The number of carbonyl (C=O) groups excluding carboxylic acids is 3. The van der Waals surface area contributed by atoms with Gasteiger partial charge in [0.2, 0.25) is 5.91 Å². The number of nitro benzene ring substituents is 1. The van der Waals surface area contributed by atoms with Crippen LogP contribution in [-0.4, -0.2) is 47.7 Å². The SMILES string of the molecule is CC(=O)OCCCCCN(Cc1ccccc1)C(=O)CCCOc1ccc([N+](=O)[O-])c(C=O)c1. The van der Waals surface area contributed by atoms with Gasteiger partial charge in [-0.15, -0.1) is 0 Å².